The van der Waals surface area contributed by atoms with Crippen molar-refractivity contribution < 1.29 is 0 Å². The number of benzene rings is 3. The quantitative estimate of drug-likeness (QED) is 0.684. The molecule has 0 amide bonds. The van der Waals surface area contributed by atoms with Crippen LogP contribution in [-0.4, -0.2) is 18.0 Å². The molecule has 0 aromatic heterocycles. The van der Waals surface area contributed by atoms with Crippen molar-refractivity contribution in [3.63, 3.8) is 0 Å². The predicted octanol–water partition coefficient (Wildman–Crippen LogP) is 4.90. The second-order valence-electron chi connectivity index (χ2n) is 6.98. The van der Waals surface area contributed by atoms with Crippen molar-refractivity contribution in [3.8, 4) is 6.07 Å². The highest BCUT2D eigenvalue weighted by Gasteiger charge is 2.37. The van der Waals surface area contributed by atoms with Crippen LogP contribution in [0.4, 0.5) is 0 Å². The fourth-order valence-corrected chi connectivity index (χ4v) is 4.02. The largest absolute Gasteiger partial charge is 0.299 e. The molecule has 0 aliphatic carbocycles. The third kappa shape index (κ3) is 3.04. The van der Waals surface area contributed by atoms with Crippen LogP contribution in [0.5, 0.6) is 0 Å². The standard InChI is InChI=1S/C23H22N2/c24-18-23(22-12-6-10-20-9-4-5-11-21(20)22)13-15-25(16-14-23)17-19-7-2-1-3-8-19/h1-12H,13-17H2. The summed E-state index contributed by atoms with van der Waals surface area (Å²) >= 11 is 0. The van der Waals surface area contributed by atoms with Gasteiger partial charge in [0.25, 0.3) is 0 Å². The second-order valence-corrected chi connectivity index (χ2v) is 6.98. The molecule has 0 saturated carbocycles. The first-order chi connectivity index (χ1) is 12.3. The van der Waals surface area contributed by atoms with Gasteiger partial charge < -0.3 is 0 Å². The van der Waals surface area contributed by atoms with Crippen molar-refractivity contribution in [3.05, 3.63) is 83.9 Å². The Balaban J connectivity index is 1.58. The Kier molecular flexibility index (Phi) is 4.26. The van der Waals surface area contributed by atoms with Crippen molar-refractivity contribution in [2.24, 2.45) is 0 Å². The Hall–Kier alpha value is -2.63. The molecule has 0 N–H and O–H groups in total. The van der Waals surface area contributed by atoms with E-state index in [9.17, 15) is 5.26 Å². The summed E-state index contributed by atoms with van der Waals surface area (Å²) in [4.78, 5) is 2.47. The molecule has 0 bridgehead atoms. The SMILES string of the molecule is N#CC1(c2cccc3ccccc23)CCN(Cc2ccccc2)CC1. The lowest BCUT2D eigenvalue weighted by molar-refractivity contribution is 0.179. The molecule has 4 rings (SSSR count). The average Bonchev–Trinajstić information content (AvgIpc) is 2.69. The summed E-state index contributed by atoms with van der Waals surface area (Å²) in [6.07, 6.45) is 1.79. The van der Waals surface area contributed by atoms with Crippen molar-refractivity contribution in [1.82, 2.24) is 4.90 Å². The first-order valence-corrected chi connectivity index (χ1v) is 8.97. The van der Waals surface area contributed by atoms with Gasteiger partial charge in [-0.05, 0) is 34.7 Å². The summed E-state index contributed by atoms with van der Waals surface area (Å²) in [6, 6.07) is 28.1. The molecule has 3 aromatic rings. The summed E-state index contributed by atoms with van der Waals surface area (Å²) in [7, 11) is 0. The molecule has 0 atom stereocenters. The molecule has 2 nitrogen and oxygen atoms in total. The first kappa shape index (κ1) is 15.9. The Morgan fingerprint density at radius 1 is 0.840 bits per heavy atom. The van der Waals surface area contributed by atoms with Crippen molar-refractivity contribution in [1.29, 1.82) is 5.26 Å². The zero-order chi connectivity index (χ0) is 17.1. The Labute approximate surface area is 149 Å². The van der Waals surface area contributed by atoms with E-state index in [0.29, 0.717) is 0 Å². The summed E-state index contributed by atoms with van der Waals surface area (Å²) in [5.74, 6) is 0. The first-order valence-electron chi connectivity index (χ1n) is 8.97. The normalized spacial score (nSPS) is 17.2. The molecule has 25 heavy (non-hydrogen) atoms. The molecule has 0 radical (unpaired) electrons. The topological polar surface area (TPSA) is 27.0 Å². The molecule has 124 valence electrons. The van der Waals surface area contributed by atoms with Gasteiger partial charge in [-0.25, -0.2) is 0 Å². The highest BCUT2D eigenvalue weighted by atomic mass is 15.1. The smallest absolute Gasteiger partial charge is 0.0852 e. The maximum absolute atomic E-state index is 10.1. The fraction of sp³-hybridized carbons (Fsp3) is 0.261. The molecule has 1 saturated heterocycles. The van der Waals surface area contributed by atoms with E-state index in [4.69, 9.17) is 0 Å². The molecule has 0 unspecified atom stereocenters. The van der Waals surface area contributed by atoms with Gasteiger partial charge in [-0.2, -0.15) is 5.26 Å². The van der Waals surface area contributed by atoms with E-state index in [2.05, 4.69) is 83.8 Å². The van der Waals surface area contributed by atoms with Crippen LogP contribution in [0.15, 0.2) is 72.8 Å². The van der Waals surface area contributed by atoms with Gasteiger partial charge in [-0.1, -0.05) is 72.8 Å². The van der Waals surface area contributed by atoms with Crippen LogP contribution in [0.25, 0.3) is 10.8 Å². The Bertz CT molecular complexity index is 895. The van der Waals surface area contributed by atoms with Gasteiger partial charge in [0, 0.05) is 19.6 Å². The van der Waals surface area contributed by atoms with Crippen LogP contribution in [0.2, 0.25) is 0 Å². The van der Waals surface area contributed by atoms with Crippen molar-refractivity contribution >= 4 is 10.8 Å². The number of rotatable bonds is 3. The van der Waals surface area contributed by atoms with E-state index >= 15 is 0 Å². The number of hydrogen-bond donors (Lipinski definition) is 0. The second kappa shape index (κ2) is 6.70. The highest BCUT2D eigenvalue weighted by molar-refractivity contribution is 5.87. The Morgan fingerprint density at radius 3 is 2.28 bits per heavy atom. The zero-order valence-corrected chi connectivity index (χ0v) is 14.4. The zero-order valence-electron chi connectivity index (χ0n) is 14.4. The van der Waals surface area contributed by atoms with E-state index in [1.807, 2.05) is 0 Å². The lowest BCUT2D eigenvalue weighted by Gasteiger charge is -2.38. The van der Waals surface area contributed by atoms with Gasteiger partial charge in [0.15, 0.2) is 0 Å². The van der Waals surface area contributed by atoms with Crippen molar-refractivity contribution in [2.75, 3.05) is 13.1 Å². The van der Waals surface area contributed by atoms with E-state index in [-0.39, 0.29) is 5.41 Å². The summed E-state index contributed by atoms with van der Waals surface area (Å²) < 4.78 is 0. The van der Waals surface area contributed by atoms with Crippen LogP contribution in [0.3, 0.4) is 0 Å². The molecule has 3 aromatic carbocycles. The number of likely N-dealkylation sites (tertiary alicyclic amines) is 1. The van der Waals surface area contributed by atoms with Crippen LogP contribution >= 0.6 is 0 Å². The Morgan fingerprint density at radius 2 is 1.52 bits per heavy atom. The molecule has 1 fully saturated rings. The van der Waals surface area contributed by atoms with Crippen LogP contribution in [0, 0.1) is 11.3 Å². The van der Waals surface area contributed by atoms with Gasteiger partial charge >= 0.3 is 0 Å². The van der Waals surface area contributed by atoms with Crippen molar-refractivity contribution in [2.45, 2.75) is 24.8 Å². The van der Waals surface area contributed by atoms with E-state index < -0.39 is 0 Å². The fourth-order valence-electron chi connectivity index (χ4n) is 4.02. The summed E-state index contributed by atoms with van der Waals surface area (Å²) in [6.45, 7) is 2.90. The van der Waals surface area contributed by atoms with E-state index in [0.717, 1.165) is 32.5 Å². The van der Waals surface area contributed by atoms with Crippen LogP contribution in [0.1, 0.15) is 24.0 Å². The molecule has 1 aliphatic rings. The molecule has 0 spiro atoms. The summed E-state index contributed by atoms with van der Waals surface area (Å²) in [5.41, 5.74) is 2.18. The number of piperidine rings is 1. The minimum Gasteiger partial charge on any atom is -0.299 e. The number of nitrogens with zero attached hydrogens (tertiary/aromatic N) is 2. The maximum Gasteiger partial charge on any atom is 0.0852 e. The van der Waals surface area contributed by atoms with Gasteiger partial charge in [0.1, 0.15) is 0 Å². The third-order valence-electron chi connectivity index (χ3n) is 5.48. The summed E-state index contributed by atoms with van der Waals surface area (Å²) in [5, 5.41) is 12.5. The number of hydrogen-bond acceptors (Lipinski definition) is 2. The molecular formula is C23H22N2. The van der Waals surface area contributed by atoms with Crippen LogP contribution in [-0.2, 0) is 12.0 Å². The van der Waals surface area contributed by atoms with Gasteiger partial charge in [-0.3, -0.25) is 4.90 Å². The molecular weight excluding hydrogens is 304 g/mol. The molecule has 1 heterocycles. The van der Waals surface area contributed by atoms with Gasteiger partial charge in [-0.15, -0.1) is 0 Å². The monoisotopic (exact) mass is 326 g/mol. The van der Waals surface area contributed by atoms with E-state index in [1.54, 1.807) is 0 Å². The van der Waals surface area contributed by atoms with Crippen LogP contribution < -0.4 is 0 Å². The number of fused-ring (bicyclic) bond motifs is 1. The molecule has 2 heteroatoms. The lowest BCUT2D eigenvalue weighted by atomic mass is 9.72. The maximum atomic E-state index is 10.1. The average molecular weight is 326 g/mol. The lowest BCUT2D eigenvalue weighted by Crippen LogP contribution is -2.41. The predicted molar refractivity (Wildman–Crippen MR) is 102 cm³/mol. The minimum absolute atomic E-state index is 0.367. The minimum atomic E-state index is -0.367. The van der Waals surface area contributed by atoms with Gasteiger partial charge in [0.05, 0.1) is 11.5 Å². The highest BCUT2D eigenvalue weighted by Crippen LogP contribution is 2.39. The molecule has 1 aliphatic heterocycles. The van der Waals surface area contributed by atoms with E-state index in [1.165, 1.54) is 21.9 Å². The van der Waals surface area contributed by atoms with Gasteiger partial charge in [0.2, 0.25) is 0 Å². The third-order valence-corrected chi connectivity index (χ3v) is 5.48. The number of nitriles is 1.